The first-order valence-electron chi connectivity index (χ1n) is 7.88. The molecule has 0 saturated heterocycles. The minimum atomic E-state index is -0.344. The topological polar surface area (TPSA) is 68.2 Å². The highest BCUT2D eigenvalue weighted by molar-refractivity contribution is 5.67. The molecule has 3 rings (SSSR count). The van der Waals surface area contributed by atoms with Crippen molar-refractivity contribution in [1.82, 2.24) is 20.4 Å². The van der Waals surface area contributed by atoms with Crippen LogP contribution in [0.4, 0.5) is 4.79 Å². The second-order valence-electron chi connectivity index (χ2n) is 5.90. The molecule has 0 bridgehead atoms. The number of nitrogens with one attached hydrogen (secondary N) is 2. The van der Waals surface area contributed by atoms with E-state index in [2.05, 4.69) is 15.7 Å². The maximum absolute atomic E-state index is 11.8. The quantitative estimate of drug-likeness (QED) is 0.855. The van der Waals surface area contributed by atoms with Crippen molar-refractivity contribution in [3.05, 3.63) is 53.9 Å². The molecule has 6 heteroatoms. The number of nitrogens with zero attached hydrogens (tertiary/aromatic N) is 2. The van der Waals surface area contributed by atoms with Crippen LogP contribution in [0.1, 0.15) is 24.1 Å². The normalized spacial score (nSPS) is 19.9. The average Bonchev–Trinajstić information content (AvgIpc) is 2.93. The molecule has 1 aliphatic rings. The predicted molar refractivity (Wildman–Crippen MR) is 86.6 cm³/mol. The van der Waals surface area contributed by atoms with Crippen molar-refractivity contribution in [3.8, 4) is 0 Å². The van der Waals surface area contributed by atoms with Gasteiger partial charge in [-0.1, -0.05) is 30.3 Å². The van der Waals surface area contributed by atoms with Gasteiger partial charge in [-0.2, -0.15) is 5.10 Å². The first-order chi connectivity index (χ1) is 11.2. The summed E-state index contributed by atoms with van der Waals surface area (Å²) in [6, 6.07) is 12.3. The van der Waals surface area contributed by atoms with Gasteiger partial charge in [-0.25, -0.2) is 4.79 Å². The van der Waals surface area contributed by atoms with E-state index in [1.807, 2.05) is 48.1 Å². The monoisotopic (exact) mass is 314 g/mol. The number of hydrogen-bond donors (Lipinski definition) is 2. The summed E-state index contributed by atoms with van der Waals surface area (Å²) in [7, 11) is 1.94. The summed E-state index contributed by atoms with van der Waals surface area (Å²) in [4.78, 5) is 11.8. The van der Waals surface area contributed by atoms with E-state index in [1.165, 1.54) is 0 Å². The standard InChI is InChI=1S/C17H22N4O2/c1-21-16(7-8-19-21)11-18-14-9-15(10-14)20-17(22)23-12-13-5-3-2-4-6-13/h2-8,14-15,18H,9-12H2,1H3,(H,20,22). The van der Waals surface area contributed by atoms with E-state index < -0.39 is 0 Å². The van der Waals surface area contributed by atoms with Gasteiger partial charge in [0.1, 0.15) is 6.61 Å². The predicted octanol–water partition coefficient (Wildman–Crippen LogP) is 1.97. The lowest BCUT2D eigenvalue weighted by Crippen LogP contribution is -2.52. The van der Waals surface area contributed by atoms with Gasteiger partial charge >= 0.3 is 6.09 Å². The molecule has 0 unspecified atom stereocenters. The molecule has 1 fully saturated rings. The fourth-order valence-corrected chi connectivity index (χ4v) is 2.66. The summed E-state index contributed by atoms with van der Waals surface area (Å²) in [6.45, 7) is 1.11. The number of aryl methyl sites for hydroxylation is 1. The Bertz CT molecular complexity index is 635. The number of carbonyl (C=O) groups excluding carboxylic acids is 1. The number of benzene rings is 1. The van der Waals surface area contributed by atoms with Gasteiger partial charge in [-0.3, -0.25) is 4.68 Å². The number of alkyl carbamates (subject to hydrolysis) is 1. The van der Waals surface area contributed by atoms with Crippen molar-refractivity contribution in [3.63, 3.8) is 0 Å². The van der Waals surface area contributed by atoms with Crippen LogP contribution >= 0.6 is 0 Å². The second-order valence-corrected chi connectivity index (χ2v) is 5.90. The van der Waals surface area contributed by atoms with Crippen LogP contribution in [-0.4, -0.2) is 28.0 Å². The Balaban J connectivity index is 1.31. The van der Waals surface area contributed by atoms with Gasteiger partial charge in [-0.15, -0.1) is 0 Å². The van der Waals surface area contributed by atoms with Gasteiger partial charge in [0.25, 0.3) is 0 Å². The van der Waals surface area contributed by atoms with Crippen molar-refractivity contribution >= 4 is 6.09 Å². The number of hydrogen-bond acceptors (Lipinski definition) is 4. The van der Waals surface area contributed by atoms with Crippen molar-refractivity contribution in [2.75, 3.05) is 0 Å². The molecule has 2 N–H and O–H groups in total. The molecule has 23 heavy (non-hydrogen) atoms. The summed E-state index contributed by atoms with van der Waals surface area (Å²) in [5.74, 6) is 0. The molecule has 2 aromatic rings. The molecule has 1 saturated carbocycles. The molecule has 1 aromatic heterocycles. The van der Waals surface area contributed by atoms with E-state index in [0.29, 0.717) is 12.6 Å². The molecule has 1 amide bonds. The van der Waals surface area contributed by atoms with Crippen LogP contribution in [0, 0.1) is 0 Å². The van der Waals surface area contributed by atoms with E-state index in [0.717, 1.165) is 30.6 Å². The van der Waals surface area contributed by atoms with E-state index in [1.54, 1.807) is 6.20 Å². The van der Waals surface area contributed by atoms with Gasteiger partial charge in [0.2, 0.25) is 0 Å². The summed E-state index contributed by atoms with van der Waals surface area (Å²) in [6.07, 6.45) is 3.31. The third-order valence-electron chi connectivity index (χ3n) is 4.17. The van der Waals surface area contributed by atoms with Crippen LogP contribution in [0.5, 0.6) is 0 Å². The molecule has 6 nitrogen and oxygen atoms in total. The SMILES string of the molecule is Cn1nccc1CNC1CC(NC(=O)OCc2ccccc2)C1. The van der Waals surface area contributed by atoms with Crippen LogP contribution < -0.4 is 10.6 Å². The molecule has 1 heterocycles. The zero-order valence-corrected chi connectivity index (χ0v) is 13.2. The van der Waals surface area contributed by atoms with E-state index in [-0.39, 0.29) is 12.1 Å². The highest BCUT2D eigenvalue weighted by Crippen LogP contribution is 2.20. The molecular formula is C17H22N4O2. The molecule has 0 atom stereocenters. The first-order valence-corrected chi connectivity index (χ1v) is 7.88. The van der Waals surface area contributed by atoms with E-state index in [9.17, 15) is 4.79 Å². The third kappa shape index (κ3) is 4.32. The zero-order chi connectivity index (χ0) is 16.1. The lowest BCUT2D eigenvalue weighted by Gasteiger charge is -2.36. The smallest absolute Gasteiger partial charge is 0.407 e. The fourth-order valence-electron chi connectivity index (χ4n) is 2.66. The Labute approximate surface area is 135 Å². The molecule has 122 valence electrons. The lowest BCUT2D eigenvalue weighted by atomic mass is 9.87. The number of ether oxygens (including phenoxy) is 1. The Kier molecular flexibility index (Phi) is 4.92. The molecule has 1 aliphatic carbocycles. The number of carbonyl (C=O) groups is 1. The first kappa shape index (κ1) is 15.6. The molecule has 1 aromatic carbocycles. The lowest BCUT2D eigenvalue weighted by molar-refractivity contribution is 0.125. The van der Waals surface area contributed by atoms with Gasteiger partial charge in [0, 0.05) is 31.9 Å². The number of rotatable bonds is 6. The molecule has 0 spiro atoms. The van der Waals surface area contributed by atoms with Crippen LogP contribution in [0.3, 0.4) is 0 Å². The summed E-state index contributed by atoms with van der Waals surface area (Å²) >= 11 is 0. The highest BCUT2D eigenvalue weighted by Gasteiger charge is 2.30. The van der Waals surface area contributed by atoms with Gasteiger partial charge in [-0.05, 0) is 24.5 Å². The fraction of sp³-hybridized carbons (Fsp3) is 0.412. The Morgan fingerprint density at radius 1 is 1.26 bits per heavy atom. The van der Waals surface area contributed by atoms with Crippen molar-refractivity contribution in [2.45, 2.75) is 38.1 Å². The maximum Gasteiger partial charge on any atom is 0.407 e. The maximum atomic E-state index is 11.8. The van der Waals surface area contributed by atoms with E-state index >= 15 is 0 Å². The minimum absolute atomic E-state index is 0.197. The zero-order valence-electron chi connectivity index (χ0n) is 13.2. The summed E-state index contributed by atoms with van der Waals surface area (Å²) in [5.41, 5.74) is 2.15. The molecular weight excluding hydrogens is 292 g/mol. The van der Waals surface area contributed by atoms with Crippen LogP contribution in [-0.2, 0) is 24.9 Å². The second kappa shape index (κ2) is 7.28. The van der Waals surface area contributed by atoms with E-state index in [4.69, 9.17) is 4.74 Å². The largest absolute Gasteiger partial charge is 0.445 e. The van der Waals surface area contributed by atoms with Crippen molar-refractivity contribution in [1.29, 1.82) is 0 Å². The minimum Gasteiger partial charge on any atom is -0.445 e. The highest BCUT2D eigenvalue weighted by atomic mass is 16.5. The number of amides is 1. The molecule has 0 radical (unpaired) electrons. The summed E-state index contributed by atoms with van der Waals surface area (Å²) in [5, 5.41) is 10.5. The number of aromatic nitrogens is 2. The molecule has 0 aliphatic heterocycles. The van der Waals surface area contributed by atoms with Gasteiger partial charge in [0.15, 0.2) is 0 Å². The Morgan fingerprint density at radius 3 is 2.74 bits per heavy atom. The summed E-state index contributed by atoms with van der Waals surface area (Å²) < 4.78 is 7.09. The van der Waals surface area contributed by atoms with Crippen molar-refractivity contribution in [2.24, 2.45) is 7.05 Å². The van der Waals surface area contributed by atoms with Gasteiger partial charge in [0.05, 0.1) is 5.69 Å². The van der Waals surface area contributed by atoms with Crippen LogP contribution in [0.2, 0.25) is 0 Å². The van der Waals surface area contributed by atoms with Crippen molar-refractivity contribution < 1.29 is 9.53 Å². The average molecular weight is 314 g/mol. The van der Waals surface area contributed by atoms with Crippen LogP contribution in [0.25, 0.3) is 0 Å². The Hall–Kier alpha value is -2.34. The van der Waals surface area contributed by atoms with Crippen LogP contribution in [0.15, 0.2) is 42.6 Å². The van der Waals surface area contributed by atoms with Gasteiger partial charge < -0.3 is 15.4 Å². The Morgan fingerprint density at radius 2 is 2.04 bits per heavy atom. The third-order valence-corrected chi connectivity index (χ3v) is 4.17.